The SMILES string of the molecule is CC(Oc1c(Cl)cc(OC2C=CC=CO2)cc1Cl)C(=O)C(C#N)C(=O)n1ccnc1. The van der Waals surface area contributed by atoms with Crippen molar-refractivity contribution in [3.05, 3.63) is 65.4 Å². The van der Waals surface area contributed by atoms with E-state index in [1.54, 1.807) is 24.3 Å². The van der Waals surface area contributed by atoms with Crippen LogP contribution in [0.25, 0.3) is 0 Å². The van der Waals surface area contributed by atoms with Crippen LogP contribution in [0.2, 0.25) is 10.0 Å². The molecule has 1 aromatic carbocycles. The van der Waals surface area contributed by atoms with Crippen LogP contribution in [0.15, 0.2) is 55.3 Å². The Kier molecular flexibility index (Phi) is 6.77. The van der Waals surface area contributed by atoms with Crippen LogP contribution in [-0.2, 0) is 9.53 Å². The van der Waals surface area contributed by atoms with Crippen LogP contribution >= 0.6 is 23.2 Å². The first kappa shape index (κ1) is 21.4. The van der Waals surface area contributed by atoms with Gasteiger partial charge in [0, 0.05) is 24.5 Å². The van der Waals surface area contributed by atoms with E-state index in [1.807, 2.05) is 0 Å². The van der Waals surface area contributed by atoms with Crippen LogP contribution in [0.3, 0.4) is 0 Å². The number of carbonyl (C=O) groups is 2. The number of aromatic nitrogens is 2. The molecule has 1 aliphatic heterocycles. The van der Waals surface area contributed by atoms with E-state index in [1.165, 1.54) is 44.0 Å². The Morgan fingerprint density at radius 1 is 1.30 bits per heavy atom. The van der Waals surface area contributed by atoms with E-state index >= 15 is 0 Å². The van der Waals surface area contributed by atoms with Crippen molar-refractivity contribution in [3.63, 3.8) is 0 Å². The highest BCUT2D eigenvalue weighted by Crippen LogP contribution is 2.38. The Balaban J connectivity index is 1.72. The highest BCUT2D eigenvalue weighted by atomic mass is 35.5. The van der Waals surface area contributed by atoms with Gasteiger partial charge in [-0.1, -0.05) is 29.3 Å². The smallest absolute Gasteiger partial charge is 0.260 e. The molecular formula is C20H15Cl2N3O5. The van der Waals surface area contributed by atoms with Gasteiger partial charge in [-0.2, -0.15) is 5.26 Å². The third-order valence-electron chi connectivity index (χ3n) is 4.01. The summed E-state index contributed by atoms with van der Waals surface area (Å²) in [7, 11) is 0. The van der Waals surface area contributed by atoms with Gasteiger partial charge in [0.05, 0.1) is 22.4 Å². The number of nitriles is 1. The van der Waals surface area contributed by atoms with Gasteiger partial charge >= 0.3 is 0 Å². The molecule has 0 N–H and O–H groups in total. The molecule has 0 bridgehead atoms. The maximum Gasteiger partial charge on any atom is 0.260 e. The second-order valence-electron chi connectivity index (χ2n) is 6.08. The molecule has 0 saturated carbocycles. The van der Waals surface area contributed by atoms with E-state index in [0.29, 0.717) is 5.75 Å². The molecule has 0 radical (unpaired) electrons. The Morgan fingerprint density at radius 2 is 2.03 bits per heavy atom. The van der Waals surface area contributed by atoms with Crippen molar-refractivity contribution >= 4 is 34.9 Å². The number of benzene rings is 1. The highest BCUT2D eigenvalue weighted by molar-refractivity contribution is 6.37. The van der Waals surface area contributed by atoms with Crippen molar-refractivity contribution in [2.45, 2.75) is 19.3 Å². The molecule has 2 heterocycles. The summed E-state index contributed by atoms with van der Waals surface area (Å²) < 4.78 is 17.5. The number of ether oxygens (including phenoxy) is 3. The Labute approximate surface area is 181 Å². The van der Waals surface area contributed by atoms with Gasteiger partial charge in [0.1, 0.15) is 12.1 Å². The summed E-state index contributed by atoms with van der Waals surface area (Å²) in [5, 5.41) is 9.48. The first-order valence-corrected chi connectivity index (χ1v) is 9.43. The third-order valence-corrected chi connectivity index (χ3v) is 4.57. The molecular weight excluding hydrogens is 433 g/mol. The number of carbonyl (C=O) groups excluding carboxylic acids is 2. The molecule has 1 aliphatic rings. The van der Waals surface area contributed by atoms with E-state index in [9.17, 15) is 14.9 Å². The summed E-state index contributed by atoms with van der Waals surface area (Å²) in [6.45, 7) is 1.40. The van der Waals surface area contributed by atoms with Gasteiger partial charge in [0.25, 0.3) is 12.2 Å². The molecule has 0 spiro atoms. The molecule has 3 atom stereocenters. The average molecular weight is 448 g/mol. The zero-order valence-corrected chi connectivity index (χ0v) is 17.1. The van der Waals surface area contributed by atoms with Crippen molar-refractivity contribution in [2.75, 3.05) is 0 Å². The van der Waals surface area contributed by atoms with Gasteiger partial charge in [-0.25, -0.2) is 4.98 Å². The van der Waals surface area contributed by atoms with E-state index in [4.69, 9.17) is 37.4 Å². The number of Topliss-reactive ketones (excluding diaryl/α,β-unsaturated/α-hetero) is 1. The van der Waals surface area contributed by atoms with Crippen LogP contribution in [0.5, 0.6) is 11.5 Å². The lowest BCUT2D eigenvalue weighted by atomic mass is 10.0. The molecule has 0 aliphatic carbocycles. The van der Waals surface area contributed by atoms with Crippen molar-refractivity contribution in [1.82, 2.24) is 9.55 Å². The lowest BCUT2D eigenvalue weighted by Gasteiger charge is -2.20. The number of hydrogen-bond acceptors (Lipinski definition) is 7. The van der Waals surface area contributed by atoms with E-state index in [2.05, 4.69) is 4.98 Å². The molecule has 1 aromatic heterocycles. The van der Waals surface area contributed by atoms with Gasteiger partial charge in [0.15, 0.2) is 23.6 Å². The summed E-state index contributed by atoms with van der Waals surface area (Å²) in [5.74, 6) is -2.69. The van der Waals surface area contributed by atoms with E-state index in [0.717, 1.165) is 4.57 Å². The normalized spacial score (nSPS) is 16.8. The van der Waals surface area contributed by atoms with Crippen LogP contribution in [0, 0.1) is 17.2 Å². The number of hydrogen-bond donors (Lipinski definition) is 0. The molecule has 0 amide bonds. The molecule has 154 valence electrons. The van der Waals surface area contributed by atoms with Gasteiger partial charge in [0.2, 0.25) is 0 Å². The second-order valence-corrected chi connectivity index (χ2v) is 6.90. The van der Waals surface area contributed by atoms with E-state index < -0.39 is 30.0 Å². The highest BCUT2D eigenvalue weighted by Gasteiger charge is 2.33. The first-order valence-electron chi connectivity index (χ1n) is 8.67. The fourth-order valence-electron chi connectivity index (χ4n) is 2.54. The second kappa shape index (κ2) is 9.48. The first-order chi connectivity index (χ1) is 14.4. The minimum Gasteiger partial charge on any atom is -0.480 e. The number of imidazole rings is 1. The Bertz CT molecular complexity index is 1020. The molecule has 10 heteroatoms. The number of allylic oxidation sites excluding steroid dienone is 2. The van der Waals surface area contributed by atoms with Crippen molar-refractivity contribution in [1.29, 1.82) is 5.26 Å². The lowest BCUT2D eigenvalue weighted by molar-refractivity contribution is -0.126. The zero-order valence-electron chi connectivity index (χ0n) is 15.6. The van der Waals surface area contributed by atoms with Crippen molar-refractivity contribution in [3.8, 4) is 17.6 Å². The summed E-state index contributed by atoms with van der Waals surface area (Å²) in [4.78, 5) is 28.7. The van der Waals surface area contributed by atoms with Crippen LogP contribution in [0.4, 0.5) is 0 Å². The fraction of sp³-hybridized carbons (Fsp3) is 0.200. The number of rotatable bonds is 7. The number of ketones is 1. The van der Waals surface area contributed by atoms with Gasteiger partial charge in [-0.3, -0.25) is 14.2 Å². The average Bonchev–Trinajstić information content (AvgIpc) is 3.26. The molecule has 0 saturated heterocycles. The summed E-state index contributed by atoms with van der Waals surface area (Å²) in [6, 6.07) is 4.61. The topological polar surface area (TPSA) is 103 Å². The summed E-state index contributed by atoms with van der Waals surface area (Å²) in [5.41, 5.74) is 0. The van der Waals surface area contributed by atoms with Crippen LogP contribution in [0.1, 0.15) is 11.7 Å². The lowest BCUT2D eigenvalue weighted by Crippen LogP contribution is -2.36. The molecule has 30 heavy (non-hydrogen) atoms. The zero-order chi connectivity index (χ0) is 21.7. The Hall–Kier alpha value is -3.28. The van der Waals surface area contributed by atoms with Gasteiger partial charge in [-0.15, -0.1) is 0 Å². The minimum atomic E-state index is -1.57. The van der Waals surface area contributed by atoms with Crippen LogP contribution in [-0.4, -0.2) is 33.6 Å². The largest absolute Gasteiger partial charge is 0.480 e. The van der Waals surface area contributed by atoms with Gasteiger partial charge < -0.3 is 14.2 Å². The molecule has 0 fully saturated rings. The molecule has 3 rings (SSSR count). The Morgan fingerprint density at radius 3 is 2.60 bits per heavy atom. The standard InChI is InChI=1S/C20H15Cl2N3O5/c1-12(18(26)14(10-23)20(27)25-6-5-24-11-25)29-19-15(21)8-13(9-16(19)22)30-17-4-2-3-7-28-17/h2-9,11-12,14,17H,1H3. The molecule has 8 nitrogen and oxygen atoms in total. The maximum absolute atomic E-state index is 12.6. The third kappa shape index (κ3) is 4.82. The number of nitrogens with zero attached hydrogens (tertiary/aromatic N) is 3. The fourth-order valence-corrected chi connectivity index (χ4v) is 3.09. The summed E-state index contributed by atoms with van der Waals surface area (Å²) in [6.07, 6.45) is 8.75. The summed E-state index contributed by atoms with van der Waals surface area (Å²) >= 11 is 12.5. The van der Waals surface area contributed by atoms with Crippen LogP contribution < -0.4 is 9.47 Å². The minimum absolute atomic E-state index is 0.0262. The number of halogens is 2. The van der Waals surface area contributed by atoms with Crippen molar-refractivity contribution < 1.29 is 23.8 Å². The maximum atomic E-state index is 12.6. The van der Waals surface area contributed by atoms with E-state index in [-0.39, 0.29) is 15.8 Å². The predicted octanol–water partition coefficient (Wildman–Crippen LogP) is 3.81. The van der Waals surface area contributed by atoms with Crippen molar-refractivity contribution in [2.24, 2.45) is 5.92 Å². The monoisotopic (exact) mass is 447 g/mol. The van der Waals surface area contributed by atoms with Gasteiger partial charge in [-0.05, 0) is 19.1 Å². The molecule has 3 unspecified atom stereocenters. The quantitative estimate of drug-likeness (QED) is 0.594. The molecule has 2 aromatic rings. The predicted molar refractivity (Wildman–Crippen MR) is 107 cm³/mol.